The molecule has 252 valence electrons. The number of alkyl halides is 6. The summed E-state index contributed by atoms with van der Waals surface area (Å²) in [5.41, 5.74) is -0.668. The molecule has 0 aromatic heterocycles. The third-order valence-electron chi connectivity index (χ3n) is 8.00. The van der Waals surface area contributed by atoms with Crippen molar-refractivity contribution >= 4 is 28.2 Å². The van der Waals surface area contributed by atoms with Gasteiger partial charge in [-0.1, -0.05) is 19.4 Å². The summed E-state index contributed by atoms with van der Waals surface area (Å²) >= 11 is 0. The summed E-state index contributed by atoms with van der Waals surface area (Å²) in [7, 11) is -10.0. The average Bonchev–Trinajstić information content (AvgIpc) is 3.26. The molecule has 44 heavy (non-hydrogen) atoms. The van der Waals surface area contributed by atoms with Gasteiger partial charge in [-0.05, 0) is 75.3 Å². The van der Waals surface area contributed by atoms with E-state index in [-0.39, 0.29) is 49.9 Å². The number of benzene rings is 1. The Bertz CT molecular complexity index is 1210. The Hall–Kier alpha value is -2.79. The molecule has 3 saturated heterocycles. The summed E-state index contributed by atoms with van der Waals surface area (Å²) in [6.07, 6.45) is -14.0. The Balaban J connectivity index is 0.00000169. The van der Waals surface area contributed by atoms with Crippen LogP contribution in [0.2, 0.25) is 0 Å². The molecule has 1 aromatic carbocycles. The topological polar surface area (TPSA) is 70.2 Å². The zero-order valence-corrected chi connectivity index (χ0v) is 23.9. The summed E-state index contributed by atoms with van der Waals surface area (Å²) in [5, 5.41) is 0. The SMILES string of the molecule is O=C(OC(C(F)(F)F)C(F)(F)F)N1CCC2(CCCN2Cc2cc(N3CCCCC3)cc(S(F)(F)(F)(F)F)c2)CC1.O=C=O. The molecule has 0 aliphatic carbocycles. The predicted molar refractivity (Wildman–Crippen MR) is 134 cm³/mol. The maximum Gasteiger partial charge on any atom is 0.434 e. The lowest BCUT2D eigenvalue weighted by atomic mass is 9.85. The second-order valence-corrected chi connectivity index (χ2v) is 13.4. The largest absolute Gasteiger partial charge is 0.434 e. The highest BCUT2D eigenvalue weighted by Crippen LogP contribution is 3.02. The molecule has 19 heteroatoms. The summed E-state index contributed by atoms with van der Waals surface area (Å²) in [4.78, 5) is 30.6. The van der Waals surface area contributed by atoms with Gasteiger partial charge in [0, 0.05) is 44.0 Å². The van der Waals surface area contributed by atoms with E-state index in [1.54, 1.807) is 9.80 Å². The molecular formula is C25H30F11N3O4S. The van der Waals surface area contributed by atoms with Crippen LogP contribution in [0.15, 0.2) is 23.1 Å². The molecule has 3 heterocycles. The van der Waals surface area contributed by atoms with E-state index in [0.717, 1.165) is 11.3 Å². The van der Waals surface area contributed by atoms with Crippen molar-refractivity contribution in [3.05, 3.63) is 23.8 Å². The van der Waals surface area contributed by atoms with Crippen LogP contribution in [0.25, 0.3) is 0 Å². The molecule has 0 radical (unpaired) electrons. The van der Waals surface area contributed by atoms with E-state index in [2.05, 4.69) is 4.74 Å². The van der Waals surface area contributed by atoms with Crippen molar-refractivity contribution in [2.24, 2.45) is 0 Å². The number of halogens is 11. The smallest absolute Gasteiger partial charge is 0.426 e. The number of anilines is 1. The van der Waals surface area contributed by atoms with E-state index >= 15 is 0 Å². The molecule has 0 unspecified atom stereocenters. The highest BCUT2D eigenvalue weighted by atomic mass is 32.5. The Morgan fingerprint density at radius 1 is 0.818 bits per heavy atom. The highest BCUT2D eigenvalue weighted by molar-refractivity contribution is 8.45. The first-order valence-electron chi connectivity index (χ1n) is 13.5. The third-order valence-corrected chi connectivity index (χ3v) is 9.12. The van der Waals surface area contributed by atoms with Crippen LogP contribution in [0.3, 0.4) is 0 Å². The Morgan fingerprint density at radius 3 is 1.86 bits per heavy atom. The van der Waals surface area contributed by atoms with E-state index in [1.807, 2.05) is 0 Å². The molecule has 0 bridgehead atoms. The number of ether oxygens (including phenoxy) is 1. The first-order chi connectivity index (χ1) is 20.0. The number of rotatable bonds is 5. The number of carbonyl (C=O) groups is 1. The summed E-state index contributed by atoms with van der Waals surface area (Å²) in [6.45, 7) is 0.606. The molecule has 0 saturated carbocycles. The zero-order chi connectivity index (χ0) is 33.3. The molecule has 1 aromatic rings. The maximum atomic E-state index is 13.9. The van der Waals surface area contributed by atoms with E-state index in [1.165, 1.54) is 6.07 Å². The number of hydrogen-bond acceptors (Lipinski definition) is 6. The Labute approximate surface area is 245 Å². The van der Waals surface area contributed by atoms with Gasteiger partial charge in [-0.25, -0.2) is 4.79 Å². The van der Waals surface area contributed by atoms with Crippen LogP contribution < -0.4 is 4.90 Å². The number of nitrogens with zero attached hydrogens (tertiary/aromatic N) is 3. The summed E-state index contributed by atoms with van der Waals surface area (Å²) in [5.74, 6) is 0. The fourth-order valence-corrected chi connectivity index (χ4v) is 6.64. The van der Waals surface area contributed by atoms with Gasteiger partial charge >= 0.3 is 34.8 Å². The lowest BCUT2D eigenvalue weighted by Gasteiger charge is -2.45. The molecule has 0 N–H and O–H groups in total. The molecule has 1 amide bonds. The molecule has 4 rings (SSSR count). The van der Waals surface area contributed by atoms with Gasteiger partial charge in [-0.15, -0.1) is 0 Å². The average molecular weight is 678 g/mol. The van der Waals surface area contributed by atoms with Gasteiger partial charge in [0.15, 0.2) is 0 Å². The van der Waals surface area contributed by atoms with Crippen molar-refractivity contribution in [2.45, 2.75) is 80.4 Å². The van der Waals surface area contributed by atoms with Crippen molar-refractivity contribution in [3.8, 4) is 0 Å². The fraction of sp³-hybridized carbons (Fsp3) is 0.680. The molecule has 3 aliphatic rings. The number of amides is 1. The number of hydrogen-bond donors (Lipinski definition) is 0. The van der Waals surface area contributed by atoms with Gasteiger partial charge in [-0.2, -0.15) is 35.9 Å². The van der Waals surface area contributed by atoms with Crippen LogP contribution in [-0.4, -0.2) is 78.8 Å². The second kappa shape index (κ2) is 11.9. The number of carbonyl (C=O) groups excluding carboxylic acids is 3. The lowest BCUT2D eigenvalue weighted by Crippen LogP contribution is -2.54. The minimum absolute atomic E-state index is 0.0117. The van der Waals surface area contributed by atoms with E-state index < -0.39 is 45.2 Å². The quantitative estimate of drug-likeness (QED) is 0.296. The van der Waals surface area contributed by atoms with Crippen molar-refractivity contribution in [3.63, 3.8) is 0 Å². The Kier molecular flexibility index (Phi) is 9.62. The fourth-order valence-electron chi connectivity index (χ4n) is 5.92. The standard InChI is InChI=1S/C24H30F11N3O2S.CO2/c25-23(26,27)20(24(28,29)30)40-21(39)37-11-6-22(7-12-37)5-4-10-38(22)16-17-13-18(36-8-2-1-3-9-36)15-19(14-17)41(31,32,33,34)35;2-1-3/h13-15,20H,1-12,16H2;. The van der Waals surface area contributed by atoms with Crippen molar-refractivity contribution < 1.29 is 64.9 Å². The molecule has 7 nitrogen and oxygen atoms in total. The monoisotopic (exact) mass is 677 g/mol. The molecule has 3 fully saturated rings. The zero-order valence-electron chi connectivity index (χ0n) is 23.0. The predicted octanol–water partition coefficient (Wildman–Crippen LogP) is 7.81. The maximum absolute atomic E-state index is 13.9. The van der Waals surface area contributed by atoms with Crippen LogP contribution >= 0.6 is 10.2 Å². The normalized spacial score (nSPS) is 21.3. The Morgan fingerprint density at radius 2 is 1.36 bits per heavy atom. The minimum atomic E-state index is -10.0. The molecule has 0 atom stereocenters. The van der Waals surface area contributed by atoms with Crippen molar-refractivity contribution in [1.29, 1.82) is 0 Å². The van der Waals surface area contributed by atoms with Gasteiger partial charge in [0.05, 0.1) is 0 Å². The van der Waals surface area contributed by atoms with E-state index in [0.29, 0.717) is 57.5 Å². The second-order valence-electron chi connectivity index (χ2n) is 11.0. The summed E-state index contributed by atoms with van der Waals surface area (Å²) < 4.78 is 150. The molecule has 3 aliphatic heterocycles. The van der Waals surface area contributed by atoms with Gasteiger partial charge in [0.25, 0.3) is 6.10 Å². The van der Waals surface area contributed by atoms with Crippen LogP contribution in [-0.2, 0) is 20.9 Å². The number of likely N-dealkylation sites (tertiary alicyclic amines) is 2. The van der Waals surface area contributed by atoms with Gasteiger partial charge in [0.1, 0.15) is 4.90 Å². The van der Waals surface area contributed by atoms with E-state index in [9.17, 15) is 50.6 Å². The van der Waals surface area contributed by atoms with Gasteiger partial charge in [0.2, 0.25) is 0 Å². The number of piperidine rings is 2. The minimum Gasteiger partial charge on any atom is -0.426 e. The first-order valence-corrected chi connectivity index (χ1v) is 15.4. The van der Waals surface area contributed by atoms with Gasteiger partial charge < -0.3 is 14.5 Å². The molecular weight excluding hydrogens is 647 g/mol. The highest BCUT2D eigenvalue weighted by Gasteiger charge is 2.66. The third kappa shape index (κ3) is 8.90. The van der Waals surface area contributed by atoms with Crippen molar-refractivity contribution in [1.82, 2.24) is 9.80 Å². The van der Waals surface area contributed by atoms with Gasteiger partial charge in [-0.3, -0.25) is 4.90 Å². The lowest BCUT2D eigenvalue weighted by molar-refractivity contribution is -0.308. The van der Waals surface area contributed by atoms with E-state index in [4.69, 9.17) is 9.59 Å². The first kappa shape index (κ1) is 35.7. The summed E-state index contributed by atoms with van der Waals surface area (Å²) in [6, 6.07) is 2.38. The van der Waals surface area contributed by atoms with Crippen LogP contribution in [0, 0.1) is 0 Å². The molecule has 1 spiro atoms. The van der Waals surface area contributed by atoms with Crippen molar-refractivity contribution in [2.75, 3.05) is 37.6 Å². The van der Waals surface area contributed by atoms with Crippen LogP contribution in [0.5, 0.6) is 0 Å². The van der Waals surface area contributed by atoms with Crippen LogP contribution in [0.1, 0.15) is 50.5 Å². The van der Waals surface area contributed by atoms with Crippen LogP contribution in [0.4, 0.5) is 56.3 Å².